The summed E-state index contributed by atoms with van der Waals surface area (Å²) in [7, 11) is 0. The zero-order valence-corrected chi connectivity index (χ0v) is 12.4. The highest BCUT2D eigenvalue weighted by Crippen LogP contribution is 2.15. The molecular weight excluding hydrogens is 293 g/mol. The molecule has 0 saturated heterocycles. The van der Waals surface area contributed by atoms with Gasteiger partial charge in [-0.05, 0) is 24.1 Å². The summed E-state index contributed by atoms with van der Waals surface area (Å²) < 4.78 is 12.9. The van der Waals surface area contributed by atoms with Crippen LogP contribution in [0.15, 0.2) is 65.5 Å². The fourth-order valence-electron chi connectivity index (χ4n) is 2.27. The van der Waals surface area contributed by atoms with Gasteiger partial charge >= 0.3 is 0 Å². The molecule has 3 rings (SSSR count). The predicted molar refractivity (Wildman–Crippen MR) is 88.9 cm³/mol. The van der Waals surface area contributed by atoms with E-state index in [9.17, 15) is 9.18 Å². The van der Waals surface area contributed by atoms with Crippen LogP contribution in [0.3, 0.4) is 0 Å². The second-order valence-corrected chi connectivity index (χ2v) is 5.15. The summed E-state index contributed by atoms with van der Waals surface area (Å²) >= 11 is 0. The molecule has 116 valence electrons. The van der Waals surface area contributed by atoms with Crippen molar-refractivity contribution in [2.75, 3.05) is 11.9 Å². The fraction of sp³-hybridized carbons (Fsp3) is 0.111. The third-order valence-corrected chi connectivity index (χ3v) is 3.43. The largest absolute Gasteiger partial charge is 0.355 e. The molecule has 0 fully saturated rings. The fourth-order valence-corrected chi connectivity index (χ4v) is 2.27. The van der Waals surface area contributed by atoms with Crippen LogP contribution in [0.4, 0.5) is 10.3 Å². The third kappa shape index (κ3) is 4.03. The number of aromatic nitrogens is 2. The first-order valence-electron chi connectivity index (χ1n) is 7.36. The van der Waals surface area contributed by atoms with Crippen LogP contribution in [0.25, 0.3) is 11.3 Å². The summed E-state index contributed by atoms with van der Waals surface area (Å²) in [5, 5.41) is 3.10. The number of nitrogens with one attached hydrogen (secondary N) is 2. The highest BCUT2D eigenvalue weighted by atomic mass is 19.1. The molecule has 2 N–H and O–H groups in total. The lowest BCUT2D eigenvalue weighted by atomic mass is 10.1. The second kappa shape index (κ2) is 6.87. The zero-order valence-electron chi connectivity index (χ0n) is 12.4. The van der Waals surface area contributed by atoms with Crippen molar-refractivity contribution in [1.82, 2.24) is 9.97 Å². The Labute approximate surface area is 133 Å². The van der Waals surface area contributed by atoms with Gasteiger partial charge in [0, 0.05) is 18.2 Å². The van der Waals surface area contributed by atoms with E-state index in [0.29, 0.717) is 24.6 Å². The number of benzene rings is 2. The molecule has 2 aromatic carbocycles. The summed E-state index contributed by atoms with van der Waals surface area (Å²) in [6.45, 7) is 0.590. The molecule has 5 heteroatoms. The normalized spacial score (nSPS) is 10.5. The van der Waals surface area contributed by atoms with Gasteiger partial charge in [0.25, 0.3) is 5.56 Å². The molecule has 0 unspecified atom stereocenters. The molecule has 0 radical (unpaired) electrons. The van der Waals surface area contributed by atoms with Gasteiger partial charge in [-0.15, -0.1) is 0 Å². The summed E-state index contributed by atoms with van der Waals surface area (Å²) in [6.07, 6.45) is 0.708. The van der Waals surface area contributed by atoms with Crippen molar-refractivity contribution in [2.24, 2.45) is 0 Å². The molecular formula is C18H16FN3O. The molecule has 3 aromatic rings. The highest BCUT2D eigenvalue weighted by Gasteiger charge is 2.03. The molecule has 0 saturated carbocycles. The Morgan fingerprint density at radius 3 is 2.52 bits per heavy atom. The number of hydrogen-bond acceptors (Lipinski definition) is 3. The Morgan fingerprint density at radius 1 is 1.04 bits per heavy atom. The SMILES string of the molecule is O=c1cc(-c2ccccc2)nc(NCCc2ccc(F)cc2)[nH]1. The van der Waals surface area contributed by atoms with Gasteiger partial charge < -0.3 is 5.32 Å². The van der Waals surface area contributed by atoms with Gasteiger partial charge in [0.1, 0.15) is 5.82 Å². The Kier molecular flexibility index (Phi) is 4.47. The minimum Gasteiger partial charge on any atom is -0.355 e. The van der Waals surface area contributed by atoms with Crippen molar-refractivity contribution in [3.05, 3.63) is 82.4 Å². The lowest BCUT2D eigenvalue weighted by Crippen LogP contribution is -2.14. The molecule has 0 amide bonds. The average molecular weight is 309 g/mol. The smallest absolute Gasteiger partial charge is 0.252 e. The van der Waals surface area contributed by atoms with E-state index >= 15 is 0 Å². The Morgan fingerprint density at radius 2 is 1.78 bits per heavy atom. The summed E-state index contributed by atoms with van der Waals surface area (Å²) in [5.41, 5.74) is 2.32. The molecule has 0 bridgehead atoms. The van der Waals surface area contributed by atoms with Crippen LogP contribution in [0.2, 0.25) is 0 Å². The van der Waals surface area contributed by atoms with Crippen LogP contribution >= 0.6 is 0 Å². The monoisotopic (exact) mass is 309 g/mol. The van der Waals surface area contributed by atoms with E-state index < -0.39 is 0 Å². The molecule has 0 aliphatic rings. The second-order valence-electron chi connectivity index (χ2n) is 5.15. The summed E-state index contributed by atoms with van der Waals surface area (Å²) in [6, 6.07) is 17.4. The summed E-state index contributed by atoms with van der Waals surface area (Å²) in [5.74, 6) is 0.182. The van der Waals surface area contributed by atoms with Crippen LogP contribution in [0, 0.1) is 5.82 Å². The van der Waals surface area contributed by atoms with Crippen LogP contribution < -0.4 is 10.9 Å². The van der Waals surface area contributed by atoms with E-state index in [0.717, 1.165) is 11.1 Å². The molecule has 1 heterocycles. The topological polar surface area (TPSA) is 57.8 Å². The first kappa shape index (κ1) is 15.0. The number of rotatable bonds is 5. The summed E-state index contributed by atoms with van der Waals surface area (Å²) in [4.78, 5) is 18.9. The van der Waals surface area contributed by atoms with Crippen molar-refractivity contribution in [3.8, 4) is 11.3 Å². The third-order valence-electron chi connectivity index (χ3n) is 3.43. The Balaban J connectivity index is 1.69. The van der Waals surface area contributed by atoms with E-state index in [1.165, 1.54) is 18.2 Å². The number of hydrogen-bond donors (Lipinski definition) is 2. The van der Waals surface area contributed by atoms with Crippen LogP contribution in [0.5, 0.6) is 0 Å². The van der Waals surface area contributed by atoms with Gasteiger partial charge in [-0.2, -0.15) is 0 Å². The number of halogens is 1. The molecule has 23 heavy (non-hydrogen) atoms. The van der Waals surface area contributed by atoms with E-state index in [-0.39, 0.29) is 11.4 Å². The van der Waals surface area contributed by atoms with Gasteiger partial charge in [0.15, 0.2) is 0 Å². The maximum absolute atomic E-state index is 12.9. The standard InChI is InChI=1S/C18H16FN3O/c19-15-8-6-13(7-9-15)10-11-20-18-21-16(12-17(23)22-18)14-4-2-1-3-5-14/h1-9,12H,10-11H2,(H2,20,21,22,23). The average Bonchev–Trinajstić information content (AvgIpc) is 2.57. The number of nitrogens with zero attached hydrogens (tertiary/aromatic N) is 1. The lowest BCUT2D eigenvalue weighted by Gasteiger charge is -2.07. The van der Waals surface area contributed by atoms with Crippen LogP contribution in [-0.2, 0) is 6.42 Å². The molecule has 0 spiro atoms. The van der Waals surface area contributed by atoms with Gasteiger partial charge in [0.05, 0.1) is 5.69 Å². The minimum absolute atomic E-state index is 0.205. The van der Waals surface area contributed by atoms with E-state index in [2.05, 4.69) is 15.3 Å². The number of aromatic amines is 1. The first-order valence-corrected chi connectivity index (χ1v) is 7.36. The molecule has 1 aromatic heterocycles. The number of H-pyrrole nitrogens is 1. The quantitative estimate of drug-likeness (QED) is 0.761. The van der Waals surface area contributed by atoms with Crippen LogP contribution in [0.1, 0.15) is 5.56 Å². The number of anilines is 1. The van der Waals surface area contributed by atoms with Crippen molar-refractivity contribution < 1.29 is 4.39 Å². The van der Waals surface area contributed by atoms with Crippen molar-refractivity contribution in [3.63, 3.8) is 0 Å². The van der Waals surface area contributed by atoms with Crippen LogP contribution in [-0.4, -0.2) is 16.5 Å². The first-order chi connectivity index (χ1) is 11.2. The van der Waals surface area contributed by atoms with Gasteiger partial charge in [0.2, 0.25) is 5.95 Å². The highest BCUT2D eigenvalue weighted by molar-refractivity contribution is 5.59. The lowest BCUT2D eigenvalue weighted by molar-refractivity contribution is 0.627. The van der Waals surface area contributed by atoms with Crippen molar-refractivity contribution in [2.45, 2.75) is 6.42 Å². The van der Waals surface area contributed by atoms with E-state index in [1.807, 2.05) is 30.3 Å². The van der Waals surface area contributed by atoms with E-state index in [1.54, 1.807) is 12.1 Å². The molecule has 4 nitrogen and oxygen atoms in total. The Bertz CT molecular complexity index is 829. The van der Waals surface area contributed by atoms with E-state index in [4.69, 9.17) is 0 Å². The zero-order chi connectivity index (χ0) is 16.1. The van der Waals surface area contributed by atoms with Gasteiger partial charge in [-0.1, -0.05) is 42.5 Å². The van der Waals surface area contributed by atoms with Gasteiger partial charge in [-0.25, -0.2) is 9.37 Å². The van der Waals surface area contributed by atoms with Crippen molar-refractivity contribution in [1.29, 1.82) is 0 Å². The van der Waals surface area contributed by atoms with Gasteiger partial charge in [-0.3, -0.25) is 9.78 Å². The Hall–Kier alpha value is -2.95. The molecule has 0 aliphatic carbocycles. The molecule has 0 atom stereocenters. The predicted octanol–water partition coefficient (Wildman–Crippen LogP) is 3.23. The molecule has 0 aliphatic heterocycles. The van der Waals surface area contributed by atoms with Crippen molar-refractivity contribution >= 4 is 5.95 Å². The maximum Gasteiger partial charge on any atom is 0.252 e. The maximum atomic E-state index is 12.9. The minimum atomic E-state index is -0.247.